The van der Waals surface area contributed by atoms with E-state index in [1.807, 2.05) is 12.3 Å². The molecule has 3 N–H and O–H groups in total. The quantitative estimate of drug-likeness (QED) is 0.363. The van der Waals surface area contributed by atoms with Crippen molar-refractivity contribution >= 4 is 29.3 Å². The Morgan fingerprint density at radius 2 is 1.67 bits per heavy atom. The van der Waals surface area contributed by atoms with E-state index in [-0.39, 0.29) is 18.1 Å². The number of thioether (sulfide) groups is 1. The minimum atomic E-state index is -5.78. The SMILES string of the molecule is CSc1ccc2c(c1)CN(C(C)=O)C2C(=O)Nc1ccc(C(NCCO)(C(F)(F)F)C(F)(F)F)cc1. The van der Waals surface area contributed by atoms with E-state index < -0.39 is 48.6 Å². The van der Waals surface area contributed by atoms with Crippen LogP contribution in [-0.4, -0.2) is 53.6 Å². The van der Waals surface area contributed by atoms with Gasteiger partial charge in [-0.15, -0.1) is 11.8 Å². The summed E-state index contributed by atoms with van der Waals surface area (Å²) in [4.78, 5) is 27.5. The molecular weight excluding hydrogens is 512 g/mol. The molecule has 6 nitrogen and oxygen atoms in total. The Balaban J connectivity index is 1.92. The van der Waals surface area contributed by atoms with Crippen LogP contribution in [0.3, 0.4) is 0 Å². The highest BCUT2D eigenvalue weighted by atomic mass is 32.2. The molecule has 2 amide bonds. The molecule has 36 heavy (non-hydrogen) atoms. The summed E-state index contributed by atoms with van der Waals surface area (Å²) in [5.74, 6) is -1.03. The van der Waals surface area contributed by atoms with Gasteiger partial charge in [0.05, 0.1) is 6.61 Å². The maximum Gasteiger partial charge on any atom is 0.419 e. The minimum absolute atomic E-state index is 0.0538. The van der Waals surface area contributed by atoms with Crippen LogP contribution in [0.15, 0.2) is 47.4 Å². The van der Waals surface area contributed by atoms with Crippen LogP contribution in [0.25, 0.3) is 0 Å². The number of nitrogens with one attached hydrogen (secondary N) is 2. The summed E-state index contributed by atoms with van der Waals surface area (Å²) in [6, 6.07) is 7.40. The fourth-order valence-electron chi connectivity index (χ4n) is 4.18. The normalized spacial score (nSPS) is 16.1. The highest BCUT2D eigenvalue weighted by Gasteiger charge is 2.71. The number of hydrogen-bond acceptors (Lipinski definition) is 5. The summed E-state index contributed by atoms with van der Waals surface area (Å²) < 4.78 is 82.4. The zero-order valence-corrected chi connectivity index (χ0v) is 19.9. The van der Waals surface area contributed by atoms with Gasteiger partial charge in [0.25, 0.3) is 5.91 Å². The minimum Gasteiger partial charge on any atom is -0.395 e. The van der Waals surface area contributed by atoms with Gasteiger partial charge in [0.15, 0.2) is 0 Å². The van der Waals surface area contributed by atoms with Crippen molar-refractivity contribution in [1.29, 1.82) is 0 Å². The van der Waals surface area contributed by atoms with Gasteiger partial charge in [-0.05, 0) is 47.2 Å². The summed E-state index contributed by atoms with van der Waals surface area (Å²) in [7, 11) is 0. The van der Waals surface area contributed by atoms with Gasteiger partial charge in [-0.25, -0.2) is 0 Å². The molecule has 1 aliphatic heterocycles. The van der Waals surface area contributed by atoms with Gasteiger partial charge in [-0.2, -0.15) is 26.3 Å². The number of alkyl halides is 6. The zero-order chi connectivity index (χ0) is 26.9. The van der Waals surface area contributed by atoms with Gasteiger partial charge in [0.1, 0.15) is 6.04 Å². The van der Waals surface area contributed by atoms with Crippen LogP contribution in [-0.2, 0) is 21.7 Å². The number of fused-ring (bicyclic) bond motifs is 1. The first-order valence-corrected chi connectivity index (χ1v) is 11.8. The Kier molecular flexibility index (Phi) is 7.96. The smallest absolute Gasteiger partial charge is 0.395 e. The second-order valence-electron chi connectivity index (χ2n) is 8.08. The largest absolute Gasteiger partial charge is 0.419 e. The van der Waals surface area contributed by atoms with Crippen molar-refractivity contribution in [3.63, 3.8) is 0 Å². The topological polar surface area (TPSA) is 81.7 Å². The molecule has 3 rings (SSSR count). The molecule has 13 heteroatoms. The van der Waals surface area contributed by atoms with Gasteiger partial charge in [-0.1, -0.05) is 18.2 Å². The van der Waals surface area contributed by atoms with Crippen molar-refractivity contribution in [3.8, 4) is 0 Å². The lowest BCUT2D eigenvalue weighted by Gasteiger charge is -2.38. The van der Waals surface area contributed by atoms with Gasteiger partial charge in [0, 0.05) is 30.6 Å². The molecule has 1 atom stereocenters. The molecule has 2 aromatic rings. The number of hydrogen-bond donors (Lipinski definition) is 3. The maximum absolute atomic E-state index is 13.7. The number of nitrogens with zero attached hydrogens (tertiary/aromatic N) is 1. The summed E-state index contributed by atoms with van der Waals surface area (Å²) in [5.41, 5.74) is -4.28. The van der Waals surface area contributed by atoms with Crippen molar-refractivity contribution in [2.24, 2.45) is 0 Å². The van der Waals surface area contributed by atoms with Crippen LogP contribution in [0.4, 0.5) is 32.0 Å². The van der Waals surface area contributed by atoms with Crippen LogP contribution >= 0.6 is 11.8 Å². The Morgan fingerprint density at radius 3 is 2.17 bits per heavy atom. The molecule has 196 valence electrons. The number of aliphatic hydroxyl groups excluding tert-OH is 1. The third kappa shape index (κ3) is 5.04. The average Bonchev–Trinajstić information content (AvgIpc) is 3.18. The molecule has 0 saturated heterocycles. The van der Waals surface area contributed by atoms with Crippen LogP contribution in [0.5, 0.6) is 0 Å². The first-order valence-electron chi connectivity index (χ1n) is 10.6. The third-order valence-electron chi connectivity index (χ3n) is 5.89. The lowest BCUT2D eigenvalue weighted by atomic mass is 9.87. The molecule has 1 unspecified atom stereocenters. The maximum atomic E-state index is 13.7. The molecule has 0 aromatic heterocycles. The Hall–Kier alpha value is -2.77. The third-order valence-corrected chi connectivity index (χ3v) is 6.61. The number of benzene rings is 2. The number of carbonyl (C=O) groups excluding carboxylic acids is 2. The second kappa shape index (κ2) is 10.3. The van der Waals surface area contributed by atoms with Crippen LogP contribution in [0.2, 0.25) is 0 Å². The Labute approximate surface area is 207 Å². The van der Waals surface area contributed by atoms with Crippen LogP contribution in [0.1, 0.15) is 29.7 Å². The summed E-state index contributed by atoms with van der Waals surface area (Å²) >= 11 is 1.48. The number of aliphatic hydroxyl groups is 1. The molecule has 0 fully saturated rings. The van der Waals surface area contributed by atoms with E-state index in [9.17, 15) is 35.9 Å². The lowest BCUT2D eigenvalue weighted by Crippen LogP contribution is -2.63. The molecule has 0 saturated carbocycles. The molecule has 0 radical (unpaired) electrons. The molecular formula is C23H23F6N3O3S. The van der Waals surface area contributed by atoms with E-state index in [0.29, 0.717) is 17.7 Å². The zero-order valence-electron chi connectivity index (χ0n) is 19.1. The van der Waals surface area contributed by atoms with Crippen molar-refractivity contribution in [3.05, 3.63) is 59.2 Å². The Morgan fingerprint density at radius 1 is 1.06 bits per heavy atom. The monoisotopic (exact) mass is 535 g/mol. The van der Waals surface area contributed by atoms with Crippen LogP contribution < -0.4 is 10.6 Å². The molecule has 0 aliphatic carbocycles. The fourth-order valence-corrected chi connectivity index (χ4v) is 4.64. The van der Waals surface area contributed by atoms with Gasteiger partial charge >= 0.3 is 12.4 Å². The van der Waals surface area contributed by atoms with Gasteiger partial charge in [-0.3, -0.25) is 14.9 Å². The predicted molar refractivity (Wildman–Crippen MR) is 121 cm³/mol. The highest BCUT2D eigenvalue weighted by molar-refractivity contribution is 7.98. The van der Waals surface area contributed by atoms with E-state index in [1.165, 1.54) is 28.9 Å². The van der Waals surface area contributed by atoms with Crippen molar-refractivity contribution in [2.75, 3.05) is 24.7 Å². The van der Waals surface area contributed by atoms with E-state index in [2.05, 4.69) is 5.32 Å². The lowest BCUT2D eigenvalue weighted by molar-refractivity contribution is -0.314. The summed E-state index contributed by atoms with van der Waals surface area (Å²) in [5, 5.41) is 12.7. The van der Waals surface area contributed by atoms with Crippen molar-refractivity contribution < 1.29 is 41.0 Å². The predicted octanol–water partition coefficient (Wildman–Crippen LogP) is 4.35. The summed E-state index contributed by atoms with van der Waals surface area (Å²) in [6.07, 6.45) is -9.69. The number of carbonyl (C=O) groups is 2. The van der Waals surface area contributed by atoms with E-state index >= 15 is 0 Å². The van der Waals surface area contributed by atoms with E-state index in [1.54, 1.807) is 12.1 Å². The van der Waals surface area contributed by atoms with Crippen molar-refractivity contribution in [1.82, 2.24) is 10.2 Å². The first kappa shape index (κ1) is 27.8. The first-order chi connectivity index (χ1) is 16.8. The molecule has 1 aliphatic rings. The van der Waals surface area contributed by atoms with E-state index in [0.717, 1.165) is 22.6 Å². The fraction of sp³-hybridized carbons (Fsp3) is 0.391. The molecule has 0 spiro atoms. The number of halogens is 6. The van der Waals surface area contributed by atoms with Crippen molar-refractivity contribution in [2.45, 2.75) is 42.3 Å². The number of amides is 2. The number of anilines is 1. The summed E-state index contributed by atoms with van der Waals surface area (Å²) in [6.45, 7) is -0.427. The molecule has 1 heterocycles. The molecule has 2 aromatic carbocycles. The van der Waals surface area contributed by atoms with E-state index in [4.69, 9.17) is 5.11 Å². The van der Waals surface area contributed by atoms with Crippen LogP contribution in [0, 0.1) is 0 Å². The second-order valence-corrected chi connectivity index (χ2v) is 8.96. The highest BCUT2D eigenvalue weighted by Crippen LogP contribution is 2.50. The number of rotatable bonds is 7. The molecule has 0 bridgehead atoms. The van der Waals surface area contributed by atoms with Gasteiger partial charge < -0.3 is 15.3 Å². The standard InChI is InChI=1S/C23H23F6N3O3S/c1-13(34)32-12-14-11-17(36-2)7-8-18(14)19(32)20(35)31-16-5-3-15(4-6-16)21(22(24,25)26,23(27,28)29)30-9-10-33/h3-8,11,19,30,33H,9-10,12H2,1-2H3,(H,31,35). The van der Waals surface area contributed by atoms with Gasteiger partial charge in [0.2, 0.25) is 11.4 Å². The average molecular weight is 536 g/mol. The Bertz CT molecular complexity index is 1110.